The Bertz CT molecular complexity index is 4360. The van der Waals surface area contributed by atoms with Crippen LogP contribution in [0.3, 0.4) is 0 Å². The van der Waals surface area contributed by atoms with Crippen molar-refractivity contribution < 1.29 is 0 Å². The average Bonchev–Trinajstić information content (AvgIpc) is 3.71. The van der Waals surface area contributed by atoms with E-state index in [2.05, 4.69) is 238 Å². The first-order valence-corrected chi connectivity index (χ1v) is 30.1. The van der Waals surface area contributed by atoms with Gasteiger partial charge in [0.1, 0.15) is 0 Å². The molecule has 0 saturated carbocycles. The predicted molar refractivity (Wildman–Crippen MR) is 351 cm³/mol. The van der Waals surface area contributed by atoms with Crippen LogP contribution >= 0.6 is 0 Å². The van der Waals surface area contributed by atoms with Crippen LogP contribution in [0.5, 0.6) is 0 Å². The van der Waals surface area contributed by atoms with Crippen molar-refractivity contribution in [1.82, 2.24) is 19.6 Å². The molecule has 17 rings (SSSR count). The normalized spacial score (nSPS) is 15.8. The third-order valence-corrected chi connectivity index (χ3v) is 19.4. The van der Waals surface area contributed by atoms with Gasteiger partial charge in [0.05, 0.1) is 0 Å². The van der Waals surface area contributed by atoms with Crippen LogP contribution in [0.25, 0.3) is 129 Å². The molecule has 0 N–H and O–H groups in total. The minimum atomic E-state index is 0.920. The summed E-state index contributed by atoms with van der Waals surface area (Å²) in [6.45, 7) is 11.8. The number of hydrogen-bond donors (Lipinski definition) is 0. The van der Waals surface area contributed by atoms with Crippen molar-refractivity contribution in [2.75, 3.05) is 52.4 Å². The summed E-state index contributed by atoms with van der Waals surface area (Å²) in [4.78, 5) is 11.2. The summed E-state index contributed by atoms with van der Waals surface area (Å²) in [6, 6.07) is 84.0. The lowest BCUT2D eigenvalue weighted by molar-refractivity contribution is 0.149. The summed E-state index contributed by atoms with van der Waals surface area (Å²) in [6.07, 6.45) is 2.17. The number of benzene rings is 16. The molecular formula is C78H64N4. The van der Waals surface area contributed by atoms with Crippen LogP contribution in [0, 0.1) is 0 Å². The summed E-state index contributed by atoms with van der Waals surface area (Å²) in [7, 11) is 0. The second-order valence-corrected chi connectivity index (χ2v) is 24.1. The van der Waals surface area contributed by atoms with E-state index in [0.29, 0.717) is 0 Å². The fourth-order valence-corrected chi connectivity index (χ4v) is 15.4. The van der Waals surface area contributed by atoms with Crippen LogP contribution in [0.15, 0.2) is 218 Å². The Morgan fingerprint density at radius 2 is 0.366 bits per heavy atom. The number of nitrogens with zero attached hydrogens (tertiary/aromatic N) is 4. The maximum Gasteiger partial charge on any atom is 0.0240 e. The highest BCUT2D eigenvalue weighted by Crippen LogP contribution is 2.41. The van der Waals surface area contributed by atoms with Gasteiger partial charge in [0, 0.05) is 52.4 Å². The molecule has 0 atom stereocenters. The Hall–Kier alpha value is -8.48. The minimum Gasteiger partial charge on any atom is -0.298 e. The lowest BCUT2D eigenvalue weighted by Gasteiger charge is -2.33. The Morgan fingerprint density at radius 3 is 0.585 bits per heavy atom. The van der Waals surface area contributed by atoms with E-state index < -0.39 is 0 Å². The van der Waals surface area contributed by atoms with E-state index >= 15 is 0 Å². The van der Waals surface area contributed by atoms with Crippen LogP contribution in [0.4, 0.5) is 0 Å². The molecule has 82 heavy (non-hydrogen) atoms. The van der Waals surface area contributed by atoms with E-state index in [4.69, 9.17) is 0 Å². The highest BCUT2D eigenvalue weighted by molar-refractivity contribution is 6.27. The standard InChI is InChI=1S/C78H64N4/c1-7-51-15-19-59-23-27-63(67-35-31-55(11-1)71(51)75(59)67)47-79-39-5-40-81(49-65-29-25-61-21-17-53-9-3-13-57-33-37-69(65)77(61)73(53)57)45-46-82(50-66-30-26-62-22-18-54-10-4-14-58-34-38-70(66)78(62)74(54)58)42-6-41-80(44-43-79)48-64-28-24-60-20-16-52-8-2-12-56-32-36-68(64)76(60)72(52)56/h1-4,7-38H,5-6,39-50H2. The van der Waals surface area contributed by atoms with Gasteiger partial charge >= 0.3 is 0 Å². The molecule has 0 aromatic heterocycles. The van der Waals surface area contributed by atoms with Gasteiger partial charge in [-0.1, -0.05) is 218 Å². The van der Waals surface area contributed by atoms with Gasteiger partial charge in [-0.15, -0.1) is 0 Å². The summed E-state index contributed by atoms with van der Waals surface area (Å²) >= 11 is 0. The summed E-state index contributed by atoms with van der Waals surface area (Å²) in [5.41, 5.74) is 5.72. The molecule has 1 aliphatic rings. The maximum absolute atomic E-state index is 2.81. The van der Waals surface area contributed by atoms with E-state index in [1.807, 2.05) is 0 Å². The summed E-state index contributed by atoms with van der Waals surface area (Å²) in [5, 5.41) is 32.8. The van der Waals surface area contributed by atoms with Gasteiger partial charge in [-0.3, -0.25) is 19.6 Å². The topological polar surface area (TPSA) is 13.0 Å². The zero-order chi connectivity index (χ0) is 53.8. The Morgan fingerprint density at radius 1 is 0.183 bits per heavy atom. The first-order valence-electron chi connectivity index (χ1n) is 30.1. The fraction of sp³-hybridized carbons (Fsp3) is 0.179. The minimum absolute atomic E-state index is 0.920. The van der Waals surface area contributed by atoms with Gasteiger partial charge in [0.15, 0.2) is 0 Å². The Kier molecular flexibility index (Phi) is 11.5. The van der Waals surface area contributed by atoms with E-state index in [-0.39, 0.29) is 0 Å². The van der Waals surface area contributed by atoms with Crippen molar-refractivity contribution in [3.05, 3.63) is 241 Å². The third kappa shape index (κ3) is 8.10. The molecule has 1 saturated heterocycles. The van der Waals surface area contributed by atoms with E-state index in [1.54, 1.807) is 0 Å². The molecule has 0 spiro atoms. The van der Waals surface area contributed by atoms with Crippen LogP contribution in [-0.4, -0.2) is 72.0 Å². The van der Waals surface area contributed by atoms with Crippen molar-refractivity contribution in [1.29, 1.82) is 0 Å². The third-order valence-electron chi connectivity index (χ3n) is 19.4. The average molecular weight is 1060 g/mol. The molecule has 4 nitrogen and oxygen atoms in total. The Labute approximate surface area is 478 Å². The van der Waals surface area contributed by atoms with Crippen LogP contribution in [0.2, 0.25) is 0 Å². The zero-order valence-electron chi connectivity index (χ0n) is 46.5. The van der Waals surface area contributed by atoms with Crippen molar-refractivity contribution in [2.24, 2.45) is 0 Å². The van der Waals surface area contributed by atoms with Gasteiger partial charge < -0.3 is 0 Å². The largest absolute Gasteiger partial charge is 0.298 e. The molecule has 4 heteroatoms. The van der Waals surface area contributed by atoms with Crippen LogP contribution < -0.4 is 0 Å². The molecule has 16 aromatic rings. The molecule has 396 valence electrons. The van der Waals surface area contributed by atoms with Crippen molar-refractivity contribution >= 4 is 129 Å². The zero-order valence-corrected chi connectivity index (χ0v) is 46.5. The molecule has 1 fully saturated rings. The van der Waals surface area contributed by atoms with E-state index in [1.165, 1.54) is 152 Å². The lowest BCUT2D eigenvalue weighted by atomic mass is 9.91. The smallest absolute Gasteiger partial charge is 0.0240 e. The highest BCUT2D eigenvalue weighted by atomic mass is 15.2. The van der Waals surface area contributed by atoms with E-state index in [9.17, 15) is 0 Å². The second-order valence-electron chi connectivity index (χ2n) is 24.1. The monoisotopic (exact) mass is 1060 g/mol. The van der Waals surface area contributed by atoms with Gasteiger partial charge in [-0.2, -0.15) is 0 Å². The van der Waals surface area contributed by atoms with Crippen LogP contribution in [0.1, 0.15) is 35.1 Å². The van der Waals surface area contributed by atoms with E-state index in [0.717, 1.165) is 91.4 Å². The summed E-state index contributed by atoms with van der Waals surface area (Å²) < 4.78 is 0. The van der Waals surface area contributed by atoms with Gasteiger partial charge in [-0.05, 0) is 191 Å². The second kappa shape index (κ2) is 19.6. The quantitative estimate of drug-likeness (QED) is 0.141. The van der Waals surface area contributed by atoms with Gasteiger partial charge in [-0.25, -0.2) is 0 Å². The number of hydrogen-bond acceptors (Lipinski definition) is 4. The van der Waals surface area contributed by atoms with Crippen molar-refractivity contribution in [2.45, 2.75) is 39.0 Å². The molecule has 0 radical (unpaired) electrons. The van der Waals surface area contributed by atoms with Crippen molar-refractivity contribution in [3.8, 4) is 0 Å². The summed E-state index contributed by atoms with van der Waals surface area (Å²) in [5.74, 6) is 0. The molecule has 0 amide bonds. The number of rotatable bonds is 8. The Balaban J connectivity index is 0.744. The van der Waals surface area contributed by atoms with Gasteiger partial charge in [0.25, 0.3) is 0 Å². The molecule has 0 aliphatic carbocycles. The molecule has 0 bridgehead atoms. The lowest BCUT2D eigenvalue weighted by Crippen LogP contribution is -2.40. The molecule has 1 heterocycles. The maximum atomic E-state index is 2.81. The molecule has 1 aliphatic heterocycles. The van der Waals surface area contributed by atoms with Crippen molar-refractivity contribution in [3.63, 3.8) is 0 Å². The van der Waals surface area contributed by atoms with Gasteiger partial charge in [0.2, 0.25) is 0 Å². The van der Waals surface area contributed by atoms with Crippen LogP contribution in [-0.2, 0) is 26.2 Å². The molecule has 0 unspecified atom stereocenters. The predicted octanol–water partition coefficient (Wildman–Crippen LogP) is 18.4. The fourth-order valence-electron chi connectivity index (χ4n) is 15.4. The highest BCUT2D eigenvalue weighted by Gasteiger charge is 2.22. The molecular weight excluding hydrogens is 993 g/mol. The SMILES string of the molecule is c1cc2ccc3ccc(CN4CCCN(Cc5ccc6ccc7cccc8ccc5c6c78)CCN(Cc5ccc6ccc7cccc8ccc5c6c78)CCCN(Cc5ccc6ccc7cccc8ccc5c6c78)CC4)c4ccc(c1)c2c34. The molecule has 16 aromatic carbocycles. The first-order chi connectivity index (χ1) is 40.6. The first kappa shape index (κ1) is 48.2.